The lowest BCUT2D eigenvalue weighted by Crippen LogP contribution is -2.15. The lowest BCUT2D eigenvalue weighted by atomic mass is 10.1. The van der Waals surface area contributed by atoms with E-state index in [9.17, 15) is 0 Å². The summed E-state index contributed by atoms with van der Waals surface area (Å²) in [5, 5.41) is 3.51. The fourth-order valence-electron chi connectivity index (χ4n) is 2.09. The van der Waals surface area contributed by atoms with E-state index >= 15 is 0 Å². The molecule has 3 heteroatoms. The SMILES string of the molecule is COc1cccc(-c2cncc(CNC3CC3)c2)c1. The van der Waals surface area contributed by atoms with Gasteiger partial charge in [0.2, 0.25) is 0 Å². The lowest BCUT2D eigenvalue weighted by molar-refractivity contribution is 0.415. The lowest BCUT2D eigenvalue weighted by Gasteiger charge is -2.07. The summed E-state index contributed by atoms with van der Waals surface area (Å²) in [4.78, 5) is 4.33. The first-order valence-electron chi connectivity index (χ1n) is 6.67. The van der Waals surface area contributed by atoms with Gasteiger partial charge in [-0.2, -0.15) is 0 Å². The van der Waals surface area contributed by atoms with E-state index in [1.807, 2.05) is 30.6 Å². The summed E-state index contributed by atoms with van der Waals surface area (Å²) >= 11 is 0. The van der Waals surface area contributed by atoms with Gasteiger partial charge in [0.05, 0.1) is 7.11 Å². The number of hydrogen-bond donors (Lipinski definition) is 1. The number of rotatable bonds is 5. The minimum atomic E-state index is 0.723. The fourth-order valence-corrected chi connectivity index (χ4v) is 2.09. The Morgan fingerprint density at radius 3 is 2.89 bits per heavy atom. The highest BCUT2D eigenvalue weighted by Crippen LogP contribution is 2.24. The molecule has 1 heterocycles. The highest BCUT2D eigenvalue weighted by atomic mass is 16.5. The Morgan fingerprint density at radius 2 is 2.11 bits per heavy atom. The summed E-state index contributed by atoms with van der Waals surface area (Å²) in [6, 6.07) is 11.0. The van der Waals surface area contributed by atoms with Gasteiger partial charge >= 0.3 is 0 Å². The van der Waals surface area contributed by atoms with E-state index in [0.29, 0.717) is 0 Å². The zero-order chi connectivity index (χ0) is 13.1. The summed E-state index contributed by atoms with van der Waals surface area (Å²) in [6.45, 7) is 0.898. The van der Waals surface area contributed by atoms with E-state index in [4.69, 9.17) is 4.74 Å². The van der Waals surface area contributed by atoms with Gasteiger partial charge in [-0.1, -0.05) is 12.1 Å². The molecule has 1 saturated carbocycles. The average Bonchev–Trinajstić information content (AvgIpc) is 3.30. The molecule has 0 unspecified atom stereocenters. The molecule has 0 radical (unpaired) electrons. The van der Waals surface area contributed by atoms with E-state index < -0.39 is 0 Å². The Bertz CT molecular complexity index is 564. The molecule has 19 heavy (non-hydrogen) atoms. The van der Waals surface area contributed by atoms with Crippen molar-refractivity contribution >= 4 is 0 Å². The Hall–Kier alpha value is -1.87. The molecule has 0 amide bonds. The van der Waals surface area contributed by atoms with E-state index in [1.165, 1.54) is 18.4 Å². The van der Waals surface area contributed by atoms with Gasteiger partial charge in [-0.25, -0.2) is 0 Å². The van der Waals surface area contributed by atoms with Crippen LogP contribution in [0.1, 0.15) is 18.4 Å². The summed E-state index contributed by atoms with van der Waals surface area (Å²) in [5.41, 5.74) is 3.50. The maximum atomic E-state index is 5.26. The number of aromatic nitrogens is 1. The van der Waals surface area contributed by atoms with Crippen molar-refractivity contribution in [2.24, 2.45) is 0 Å². The average molecular weight is 254 g/mol. The van der Waals surface area contributed by atoms with E-state index in [2.05, 4.69) is 22.4 Å². The van der Waals surface area contributed by atoms with Gasteiger partial charge in [-0.15, -0.1) is 0 Å². The van der Waals surface area contributed by atoms with Gasteiger partial charge in [-0.3, -0.25) is 4.98 Å². The van der Waals surface area contributed by atoms with E-state index in [0.717, 1.165) is 29.5 Å². The first kappa shape index (κ1) is 12.2. The molecule has 1 aromatic carbocycles. The number of benzene rings is 1. The predicted octanol–water partition coefficient (Wildman–Crippen LogP) is 3.01. The number of methoxy groups -OCH3 is 1. The highest BCUT2D eigenvalue weighted by Gasteiger charge is 2.19. The predicted molar refractivity (Wildman–Crippen MR) is 76.1 cm³/mol. The molecule has 1 aliphatic rings. The van der Waals surface area contributed by atoms with Crippen molar-refractivity contribution in [3.05, 3.63) is 48.3 Å². The summed E-state index contributed by atoms with van der Waals surface area (Å²) in [7, 11) is 1.69. The Kier molecular flexibility index (Phi) is 3.47. The van der Waals surface area contributed by atoms with Gasteiger partial charge < -0.3 is 10.1 Å². The van der Waals surface area contributed by atoms with Crippen molar-refractivity contribution in [3.8, 4) is 16.9 Å². The molecule has 98 valence electrons. The molecule has 0 saturated heterocycles. The maximum Gasteiger partial charge on any atom is 0.119 e. The molecule has 0 atom stereocenters. The van der Waals surface area contributed by atoms with Crippen LogP contribution in [0.3, 0.4) is 0 Å². The van der Waals surface area contributed by atoms with Crippen LogP contribution in [-0.2, 0) is 6.54 Å². The molecular formula is C16H18N2O. The standard InChI is InChI=1S/C16H18N2O/c1-19-16-4-2-3-13(8-16)14-7-12(9-17-11-14)10-18-15-5-6-15/h2-4,7-9,11,15,18H,5-6,10H2,1H3. The second-order valence-corrected chi connectivity index (χ2v) is 4.97. The molecule has 0 spiro atoms. The van der Waals surface area contributed by atoms with Crippen LogP contribution in [0.15, 0.2) is 42.7 Å². The molecule has 3 nitrogen and oxygen atoms in total. The number of nitrogens with zero attached hydrogens (tertiary/aromatic N) is 1. The number of hydrogen-bond acceptors (Lipinski definition) is 3. The van der Waals surface area contributed by atoms with Crippen molar-refractivity contribution in [2.45, 2.75) is 25.4 Å². The van der Waals surface area contributed by atoms with Gasteiger partial charge in [-0.05, 0) is 42.2 Å². The molecule has 0 aliphatic heterocycles. The van der Waals surface area contributed by atoms with Gasteiger partial charge in [0.15, 0.2) is 0 Å². The van der Waals surface area contributed by atoms with Gasteiger partial charge in [0.25, 0.3) is 0 Å². The second kappa shape index (κ2) is 5.41. The van der Waals surface area contributed by atoms with Crippen LogP contribution < -0.4 is 10.1 Å². The minimum absolute atomic E-state index is 0.723. The molecule has 2 aromatic rings. The van der Waals surface area contributed by atoms with Crippen molar-refractivity contribution in [1.82, 2.24) is 10.3 Å². The largest absolute Gasteiger partial charge is 0.497 e. The van der Waals surface area contributed by atoms with E-state index in [1.54, 1.807) is 7.11 Å². The zero-order valence-electron chi connectivity index (χ0n) is 11.1. The number of pyridine rings is 1. The van der Waals surface area contributed by atoms with Gasteiger partial charge in [0.1, 0.15) is 5.75 Å². The normalized spacial score (nSPS) is 14.4. The monoisotopic (exact) mass is 254 g/mol. The number of ether oxygens (including phenoxy) is 1. The maximum absolute atomic E-state index is 5.26. The Morgan fingerprint density at radius 1 is 1.21 bits per heavy atom. The third kappa shape index (κ3) is 3.12. The third-order valence-electron chi connectivity index (χ3n) is 3.37. The minimum Gasteiger partial charge on any atom is -0.497 e. The molecule has 1 fully saturated rings. The summed E-state index contributed by atoms with van der Waals surface area (Å²) < 4.78 is 5.26. The van der Waals surface area contributed by atoms with Crippen molar-refractivity contribution in [3.63, 3.8) is 0 Å². The second-order valence-electron chi connectivity index (χ2n) is 4.97. The third-order valence-corrected chi connectivity index (χ3v) is 3.37. The van der Waals surface area contributed by atoms with Crippen molar-refractivity contribution < 1.29 is 4.74 Å². The first-order valence-corrected chi connectivity index (χ1v) is 6.67. The molecule has 1 N–H and O–H groups in total. The Labute approximate surface area is 113 Å². The smallest absolute Gasteiger partial charge is 0.119 e. The van der Waals surface area contributed by atoms with Crippen LogP contribution in [0.5, 0.6) is 5.75 Å². The summed E-state index contributed by atoms with van der Waals surface area (Å²) in [5.74, 6) is 0.874. The van der Waals surface area contributed by atoms with E-state index in [-0.39, 0.29) is 0 Å². The zero-order valence-corrected chi connectivity index (χ0v) is 11.1. The Balaban J connectivity index is 1.80. The molecule has 1 aliphatic carbocycles. The quantitative estimate of drug-likeness (QED) is 0.890. The molecule has 0 bridgehead atoms. The van der Waals surface area contributed by atoms with Crippen LogP contribution in [-0.4, -0.2) is 18.1 Å². The molecule has 1 aromatic heterocycles. The topological polar surface area (TPSA) is 34.1 Å². The first-order chi connectivity index (χ1) is 9.35. The van der Waals surface area contributed by atoms with Gasteiger partial charge in [0, 0.05) is 30.5 Å². The summed E-state index contributed by atoms with van der Waals surface area (Å²) in [6.07, 6.45) is 6.44. The van der Waals surface area contributed by atoms with Crippen molar-refractivity contribution in [1.29, 1.82) is 0 Å². The van der Waals surface area contributed by atoms with Crippen LogP contribution in [0.2, 0.25) is 0 Å². The van der Waals surface area contributed by atoms with Crippen LogP contribution >= 0.6 is 0 Å². The molecular weight excluding hydrogens is 236 g/mol. The molecule has 3 rings (SSSR count). The van der Waals surface area contributed by atoms with Crippen LogP contribution in [0.4, 0.5) is 0 Å². The fraction of sp³-hybridized carbons (Fsp3) is 0.312. The van der Waals surface area contributed by atoms with Crippen molar-refractivity contribution in [2.75, 3.05) is 7.11 Å². The highest BCUT2D eigenvalue weighted by molar-refractivity contribution is 5.64. The van der Waals surface area contributed by atoms with Crippen LogP contribution in [0, 0.1) is 0 Å². The number of nitrogens with one attached hydrogen (secondary N) is 1. The van der Waals surface area contributed by atoms with Crippen LogP contribution in [0.25, 0.3) is 11.1 Å².